The number of likely N-dealkylation sites (tertiary alicyclic amines) is 1. The first kappa shape index (κ1) is 38.8. The maximum atomic E-state index is 14.8. The number of aliphatic hydroxyl groups is 1. The molecule has 3 aliphatic rings. The lowest BCUT2D eigenvalue weighted by molar-refractivity contribution is -0.165. The van der Waals surface area contributed by atoms with Crippen LogP contribution in [0.15, 0.2) is 55.6 Å². The van der Waals surface area contributed by atoms with Crippen LogP contribution in [-0.2, 0) is 28.7 Å². The first-order chi connectivity index (χ1) is 23.1. The fourth-order valence-corrected chi connectivity index (χ4v) is 8.83. The van der Waals surface area contributed by atoms with Crippen molar-refractivity contribution >= 4 is 39.6 Å². The Balaban J connectivity index is 1.79. The predicted octanol–water partition coefficient (Wildman–Crippen LogP) is 5.05. The summed E-state index contributed by atoms with van der Waals surface area (Å²) in [4.78, 5) is 61.6. The normalized spacial score (nSPS) is 28.3. The number of halogens is 1. The highest BCUT2D eigenvalue weighted by atomic mass is 79.9. The minimum atomic E-state index is -1.33. The molecule has 0 aromatic heterocycles. The Kier molecular flexibility index (Phi) is 12.2. The van der Waals surface area contributed by atoms with Gasteiger partial charge in [0.2, 0.25) is 17.7 Å². The van der Waals surface area contributed by atoms with E-state index in [2.05, 4.69) is 29.1 Å². The average molecular weight is 745 g/mol. The van der Waals surface area contributed by atoms with Gasteiger partial charge in [0.05, 0.1) is 36.6 Å². The van der Waals surface area contributed by atoms with E-state index in [9.17, 15) is 24.3 Å². The van der Waals surface area contributed by atoms with E-state index in [0.717, 1.165) is 0 Å². The minimum Gasteiger partial charge on any atom is -0.455 e. The summed E-state index contributed by atoms with van der Waals surface area (Å²) >= 11 is 3.75. The summed E-state index contributed by atoms with van der Waals surface area (Å²) in [6.07, 6.45) is 3.56. The largest absolute Gasteiger partial charge is 0.455 e. The monoisotopic (exact) mass is 743 g/mol. The molecule has 10 atom stereocenters. The maximum Gasteiger partial charge on any atom is 0.313 e. The van der Waals surface area contributed by atoms with Crippen LogP contribution in [0.3, 0.4) is 0 Å². The van der Waals surface area contributed by atoms with Gasteiger partial charge in [-0.3, -0.25) is 19.2 Å². The van der Waals surface area contributed by atoms with Gasteiger partial charge in [-0.15, -0.1) is 13.2 Å². The van der Waals surface area contributed by atoms with Crippen molar-refractivity contribution in [1.29, 1.82) is 0 Å². The summed E-state index contributed by atoms with van der Waals surface area (Å²) in [6.45, 7) is 19.0. The fraction of sp³-hybridized carbons (Fsp3) is 0.632. The summed E-state index contributed by atoms with van der Waals surface area (Å²) in [5.74, 6) is -3.61. The number of ether oxygens (including phenoxy) is 2. The molecule has 3 aliphatic heterocycles. The molecule has 10 nitrogen and oxygen atoms in total. The van der Waals surface area contributed by atoms with E-state index in [0.29, 0.717) is 24.8 Å². The van der Waals surface area contributed by atoms with Crippen molar-refractivity contribution in [2.75, 3.05) is 20.2 Å². The van der Waals surface area contributed by atoms with E-state index >= 15 is 0 Å². The number of hydrogen-bond acceptors (Lipinski definition) is 7. The second-order valence-corrected chi connectivity index (χ2v) is 16.0. The van der Waals surface area contributed by atoms with Gasteiger partial charge in [-0.1, -0.05) is 78.7 Å². The SMILES string of the molecule is C=CCCC(=O)N(C)[C@H](C)[C@H](OC(=O)[C@@H]1[C@H]2O[C@@]3(CC2Br)[C@H](C(=O)N(CC=C)C(C)(C)C)N([C@@H](CO)[C@@H](C)CC)C(=O)[C@@H]13)c1ccccc1. The molecule has 1 N–H and O–H groups in total. The molecule has 0 radical (unpaired) electrons. The molecule has 1 unspecified atom stereocenters. The molecule has 11 heteroatoms. The molecule has 3 amide bonds. The standard InChI is InChI=1S/C38H54BrN3O7/c1-10-13-19-28(44)40(9)24(5)31(25-17-15-14-16-18-25)48-36(47)29-30-34(45)42(27(22-43)23(4)12-3)33(38(30)21-26(39)32(29)49-38)35(46)41(20-11-2)37(6,7)8/h10-11,14-18,23-24,26-27,29-33,43H,1-2,12-13,19-22H2,3-9H3/t23-,24+,26?,27-,29-,30+,31-,32-,33-,38+/m0/s1. The van der Waals surface area contributed by atoms with Crippen LogP contribution in [0.5, 0.6) is 0 Å². The van der Waals surface area contributed by atoms with Crippen LogP contribution in [0, 0.1) is 17.8 Å². The van der Waals surface area contributed by atoms with Crippen molar-refractivity contribution < 1.29 is 33.8 Å². The number of amides is 3. The van der Waals surface area contributed by atoms with Gasteiger partial charge in [-0.2, -0.15) is 0 Å². The molecular weight excluding hydrogens is 690 g/mol. The zero-order valence-corrected chi connectivity index (χ0v) is 31.6. The van der Waals surface area contributed by atoms with Gasteiger partial charge in [0.15, 0.2) is 0 Å². The Bertz CT molecular complexity index is 1400. The number of nitrogens with zero attached hydrogens (tertiary/aromatic N) is 3. The smallest absolute Gasteiger partial charge is 0.313 e. The Morgan fingerprint density at radius 2 is 1.84 bits per heavy atom. The molecule has 2 bridgehead atoms. The van der Waals surface area contributed by atoms with Crippen molar-refractivity contribution in [3.63, 3.8) is 0 Å². The first-order valence-corrected chi connectivity index (χ1v) is 18.3. The third-order valence-corrected chi connectivity index (χ3v) is 11.7. The highest BCUT2D eigenvalue weighted by Crippen LogP contribution is 2.61. The summed E-state index contributed by atoms with van der Waals surface area (Å²) in [5.41, 5.74) is -1.24. The van der Waals surface area contributed by atoms with Gasteiger partial charge < -0.3 is 29.3 Å². The number of fused-ring (bicyclic) bond motifs is 1. The van der Waals surface area contributed by atoms with Crippen molar-refractivity contribution in [2.45, 2.75) is 114 Å². The molecule has 0 aliphatic carbocycles. The zero-order chi connectivity index (χ0) is 36.4. The summed E-state index contributed by atoms with van der Waals surface area (Å²) in [6, 6.07) is 6.96. The highest BCUT2D eigenvalue weighted by molar-refractivity contribution is 9.09. The van der Waals surface area contributed by atoms with Crippen molar-refractivity contribution in [1.82, 2.24) is 14.7 Å². The first-order valence-electron chi connectivity index (χ1n) is 17.4. The number of likely N-dealkylation sites (N-methyl/N-ethyl adjacent to an activating group) is 1. The van der Waals surface area contributed by atoms with Crippen LogP contribution < -0.4 is 0 Å². The third-order valence-electron chi connectivity index (χ3n) is 10.8. The van der Waals surface area contributed by atoms with E-state index < -0.39 is 65.2 Å². The lowest BCUT2D eigenvalue weighted by Gasteiger charge is -2.44. The Morgan fingerprint density at radius 3 is 2.39 bits per heavy atom. The molecular formula is C38H54BrN3O7. The lowest BCUT2D eigenvalue weighted by atomic mass is 9.70. The topological polar surface area (TPSA) is 117 Å². The number of carbonyl (C=O) groups excluding carboxylic acids is 4. The van der Waals surface area contributed by atoms with E-state index in [1.54, 1.807) is 29.0 Å². The second-order valence-electron chi connectivity index (χ2n) is 14.8. The number of benzene rings is 1. The maximum absolute atomic E-state index is 14.8. The van der Waals surface area contributed by atoms with Gasteiger partial charge >= 0.3 is 5.97 Å². The van der Waals surface area contributed by atoms with Gasteiger partial charge in [-0.05, 0) is 52.0 Å². The average Bonchev–Trinajstić information content (AvgIpc) is 3.67. The zero-order valence-electron chi connectivity index (χ0n) is 30.0. The molecule has 1 spiro atoms. The Morgan fingerprint density at radius 1 is 1.18 bits per heavy atom. The molecule has 0 saturated carbocycles. The minimum absolute atomic E-state index is 0.113. The number of hydrogen-bond donors (Lipinski definition) is 1. The molecule has 3 fully saturated rings. The van der Waals surface area contributed by atoms with Gasteiger partial charge in [-0.25, -0.2) is 0 Å². The fourth-order valence-electron chi connectivity index (χ4n) is 7.88. The van der Waals surface area contributed by atoms with Gasteiger partial charge in [0.25, 0.3) is 0 Å². The second kappa shape index (κ2) is 15.5. The number of allylic oxidation sites excluding steroid dienone is 1. The number of rotatable bonds is 15. The van der Waals surface area contributed by atoms with Crippen LogP contribution in [0.4, 0.5) is 0 Å². The molecule has 4 rings (SSSR count). The molecule has 3 saturated heterocycles. The van der Waals surface area contributed by atoms with Crippen molar-refractivity contribution in [3.8, 4) is 0 Å². The Hall–Kier alpha value is -3.02. The molecule has 49 heavy (non-hydrogen) atoms. The van der Waals surface area contributed by atoms with Gasteiger partial charge in [0.1, 0.15) is 17.7 Å². The van der Waals surface area contributed by atoms with Crippen molar-refractivity contribution in [3.05, 3.63) is 61.2 Å². The lowest BCUT2D eigenvalue weighted by Crippen LogP contribution is -2.62. The summed E-state index contributed by atoms with van der Waals surface area (Å²) < 4.78 is 13.1. The molecule has 3 heterocycles. The van der Waals surface area contributed by atoms with E-state index in [-0.39, 0.29) is 42.1 Å². The van der Waals surface area contributed by atoms with Crippen LogP contribution in [-0.4, -0.2) is 104 Å². The van der Waals surface area contributed by atoms with E-state index in [1.807, 2.05) is 71.9 Å². The number of carbonyl (C=O) groups is 4. The molecule has 1 aromatic carbocycles. The van der Waals surface area contributed by atoms with Crippen LogP contribution >= 0.6 is 15.9 Å². The quantitative estimate of drug-likeness (QED) is 0.152. The number of aliphatic hydroxyl groups excluding tert-OH is 1. The van der Waals surface area contributed by atoms with Crippen LogP contribution in [0.25, 0.3) is 0 Å². The Labute approximate surface area is 300 Å². The molecule has 270 valence electrons. The van der Waals surface area contributed by atoms with Gasteiger partial charge in [0, 0.05) is 30.4 Å². The summed E-state index contributed by atoms with van der Waals surface area (Å²) in [7, 11) is 1.69. The van der Waals surface area contributed by atoms with Crippen LogP contribution in [0.1, 0.15) is 78.9 Å². The van der Waals surface area contributed by atoms with E-state index in [4.69, 9.17) is 9.47 Å². The number of alkyl halides is 1. The van der Waals surface area contributed by atoms with E-state index in [1.165, 1.54) is 4.90 Å². The number of esters is 1. The summed E-state index contributed by atoms with van der Waals surface area (Å²) in [5, 5.41) is 10.7. The third kappa shape index (κ3) is 7.13. The highest BCUT2D eigenvalue weighted by Gasteiger charge is 2.78. The van der Waals surface area contributed by atoms with Crippen molar-refractivity contribution in [2.24, 2.45) is 17.8 Å². The predicted molar refractivity (Wildman–Crippen MR) is 191 cm³/mol. The molecule has 1 aromatic rings. The van der Waals surface area contributed by atoms with Crippen LogP contribution in [0.2, 0.25) is 0 Å².